The molecule has 174 valence electrons. The quantitative estimate of drug-likeness (QED) is 0.297. The first-order chi connectivity index (χ1) is 17.0. The molecular weight excluding hydrogens is 446 g/mol. The largest absolute Gasteiger partial charge is 0.497 e. The molecule has 1 aliphatic heterocycles. The minimum Gasteiger partial charge on any atom is -0.497 e. The lowest BCUT2D eigenvalue weighted by molar-refractivity contribution is -0.115. The minimum atomic E-state index is -0.690. The Morgan fingerprint density at radius 2 is 1.51 bits per heavy atom. The SMILES string of the molecule is COc1ccc(/C=C(/C#N)C(=O)N(CN2C(=O)c3ccccc3C2=O)c2ccccc2OC)cc1. The third-order valence-electron chi connectivity index (χ3n) is 5.56. The van der Waals surface area contributed by atoms with Crippen molar-refractivity contribution in [3.8, 4) is 17.6 Å². The van der Waals surface area contributed by atoms with Crippen LogP contribution >= 0.6 is 0 Å². The van der Waals surface area contributed by atoms with Crippen molar-refractivity contribution in [3.63, 3.8) is 0 Å². The van der Waals surface area contributed by atoms with E-state index in [1.165, 1.54) is 18.1 Å². The van der Waals surface area contributed by atoms with E-state index in [0.29, 0.717) is 22.7 Å². The molecule has 3 aromatic rings. The Balaban J connectivity index is 1.74. The summed E-state index contributed by atoms with van der Waals surface area (Å²) in [4.78, 5) is 41.8. The van der Waals surface area contributed by atoms with Crippen LogP contribution in [0.4, 0.5) is 5.69 Å². The number of benzene rings is 3. The predicted octanol–water partition coefficient (Wildman–Crippen LogP) is 3.90. The molecule has 35 heavy (non-hydrogen) atoms. The second kappa shape index (κ2) is 9.93. The summed E-state index contributed by atoms with van der Waals surface area (Å²) in [5.74, 6) is -0.747. The van der Waals surface area contributed by atoms with Gasteiger partial charge in [0.05, 0.1) is 31.0 Å². The average Bonchev–Trinajstić information content (AvgIpc) is 3.15. The number of nitriles is 1. The van der Waals surface area contributed by atoms with E-state index in [2.05, 4.69) is 0 Å². The molecule has 0 unspecified atom stereocenters. The molecule has 0 N–H and O–H groups in total. The summed E-state index contributed by atoms with van der Waals surface area (Å²) in [7, 11) is 2.99. The van der Waals surface area contributed by atoms with E-state index < -0.39 is 24.4 Å². The molecule has 0 fully saturated rings. The number of carbonyl (C=O) groups is 3. The molecule has 8 heteroatoms. The Hall–Kier alpha value is -4.90. The molecule has 1 aliphatic rings. The highest BCUT2D eigenvalue weighted by Gasteiger charge is 2.38. The molecule has 0 aliphatic carbocycles. The smallest absolute Gasteiger partial charge is 0.270 e. The van der Waals surface area contributed by atoms with Gasteiger partial charge in [0.25, 0.3) is 17.7 Å². The summed E-state index contributed by atoms with van der Waals surface area (Å²) in [6, 6.07) is 21.9. The van der Waals surface area contributed by atoms with E-state index in [4.69, 9.17) is 9.47 Å². The third kappa shape index (κ3) is 4.48. The lowest BCUT2D eigenvalue weighted by atomic mass is 10.1. The van der Waals surface area contributed by atoms with Crippen LogP contribution in [-0.2, 0) is 4.79 Å². The van der Waals surface area contributed by atoms with Crippen LogP contribution in [0.15, 0.2) is 78.4 Å². The number of carbonyl (C=O) groups excluding carboxylic acids is 3. The van der Waals surface area contributed by atoms with E-state index in [0.717, 1.165) is 4.90 Å². The first kappa shape index (κ1) is 23.3. The summed E-state index contributed by atoms with van der Waals surface area (Å²) in [5, 5.41) is 9.82. The van der Waals surface area contributed by atoms with Crippen molar-refractivity contribution in [3.05, 3.63) is 95.1 Å². The fourth-order valence-corrected chi connectivity index (χ4v) is 3.77. The van der Waals surface area contributed by atoms with Crippen molar-refractivity contribution in [2.75, 3.05) is 25.8 Å². The first-order valence-electron chi connectivity index (χ1n) is 10.6. The lowest BCUT2D eigenvalue weighted by Gasteiger charge is -2.28. The van der Waals surface area contributed by atoms with Gasteiger partial charge in [-0.25, -0.2) is 0 Å². The highest BCUT2D eigenvalue weighted by molar-refractivity contribution is 6.22. The van der Waals surface area contributed by atoms with Crippen molar-refractivity contribution in [1.29, 1.82) is 5.26 Å². The molecule has 1 heterocycles. The van der Waals surface area contributed by atoms with E-state index in [1.807, 2.05) is 6.07 Å². The van der Waals surface area contributed by atoms with Gasteiger partial charge in [-0.15, -0.1) is 0 Å². The fourth-order valence-electron chi connectivity index (χ4n) is 3.77. The Morgan fingerprint density at radius 1 is 0.914 bits per heavy atom. The maximum Gasteiger partial charge on any atom is 0.270 e. The second-order valence-corrected chi connectivity index (χ2v) is 7.57. The number of amides is 3. The van der Waals surface area contributed by atoms with E-state index in [1.54, 1.807) is 79.9 Å². The molecule has 3 aromatic carbocycles. The highest BCUT2D eigenvalue weighted by Crippen LogP contribution is 2.31. The molecular formula is C27H21N3O5. The van der Waals surface area contributed by atoms with E-state index in [-0.39, 0.29) is 16.7 Å². The van der Waals surface area contributed by atoms with Gasteiger partial charge in [-0.05, 0) is 48.0 Å². The monoisotopic (exact) mass is 467 g/mol. The topological polar surface area (TPSA) is 99.9 Å². The highest BCUT2D eigenvalue weighted by atomic mass is 16.5. The molecule has 0 saturated carbocycles. The zero-order valence-electron chi connectivity index (χ0n) is 19.1. The molecule has 0 atom stereocenters. The number of anilines is 1. The van der Waals surface area contributed by atoms with Crippen LogP contribution in [0.2, 0.25) is 0 Å². The van der Waals surface area contributed by atoms with E-state index >= 15 is 0 Å². The van der Waals surface area contributed by atoms with Gasteiger partial charge >= 0.3 is 0 Å². The second-order valence-electron chi connectivity index (χ2n) is 7.57. The summed E-state index contributed by atoms with van der Waals surface area (Å²) in [6.07, 6.45) is 1.44. The zero-order valence-corrected chi connectivity index (χ0v) is 19.1. The van der Waals surface area contributed by atoms with Gasteiger partial charge in [0, 0.05) is 0 Å². The maximum atomic E-state index is 13.7. The molecule has 0 spiro atoms. The van der Waals surface area contributed by atoms with Gasteiger partial charge < -0.3 is 9.47 Å². The number of imide groups is 1. The van der Waals surface area contributed by atoms with Crippen molar-refractivity contribution in [1.82, 2.24) is 4.90 Å². The Morgan fingerprint density at radius 3 is 2.09 bits per heavy atom. The average molecular weight is 467 g/mol. The number of para-hydroxylation sites is 2. The summed E-state index contributed by atoms with van der Waals surface area (Å²) in [6.45, 7) is -0.396. The Kier molecular flexibility index (Phi) is 6.60. The van der Waals surface area contributed by atoms with Gasteiger partial charge in [-0.1, -0.05) is 36.4 Å². The number of ether oxygens (including phenoxy) is 2. The number of methoxy groups -OCH3 is 2. The van der Waals surface area contributed by atoms with Crippen LogP contribution < -0.4 is 14.4 Å². The van der Waals surface area contributed by atoms with Gasteiger partial charge in [0.2, 0.25) is 0 Å². The molecule has 0 aromatic heterocycles. The predicted molar refractivity (Wildman–Crippen MR) is 129 cm³/mol. The summed E-state index contributed by atoms with van der Waals surface area (Å²) < 4.78 is 10.6. The standard InChI is InChI=1S/C27H21N3O5/c1-34-20-13-11-18(12-14-20)15-19(16-28)25(31)29(23-9-5-6-10-24(23)35-2)17-30-26(32)21-7-3-4-8-22(21)27(30)33/h3-15H,17H2,1-2H3/b19-15-. The molecule has 4 rings (SSSR count). The summed E-state index contributed by atoms with van der Waals surface area (Å²) >= 11 is 0. The number of fused-ring (bicyclic) bond motifs is 1. The van der Waals surface area contributed by atoms with Gasteiger partial charge in [-0.3, -0.25) is 24.2 Å². The number of nitrogens with zero attached hydrogens (tertiary/aromatic N) is 3. The van der Waals surface area contributed by atoms with Gasteiger partial charge in [-0.2, -0.15) is 5.26 Å². The van der Waals surface area contributed by atoms with Crippen LogP contribution in [-0.4, -0.2) is 43.5 Å². The minimum absolute atomic E-state index is 0.183. The van der Waals surface area contributed by atoms with Crippen molar-refractivity contribution >= 4 is 29.5 Å². The van der Waals surface area contributed by atoms with Crippen molar-refractivity contribution in [2.24, 2.45) is 0 Å². The van der Waals surface area contributed by atoms with Crippen LogP contribution in [0, 0.1) is 11.3 Å². The molecule has 0 bridgehead atoms. The Bertz CT molecular complexity index is 1340. The lowest BCUT2D eigenvalue weighted by Crippen LogP contribution is -2.45. The van der Waals surface area contributed by atoms with Crippen LogP contribution in [0.5, 0.6) is 11.5 Å². The van der Waals surface area contributed by atoms with Crippen LogP contribution in [0.3, 0.4) is 0 Å². The van der Waals surface area contributed by atoms with E-state index in [9.17, 15) is 19.6 Å². The molecule has 3 amide bonds. The number of hydrogen-bond donors (Lipinski definition) is 0. The molecule has 0 radical (unpaired) electrons. The molecule has 8 nitrogen and oxygen atoms in total. The van der Waals surface area contributed by atoms with Crippen molar-refractivity contribution in [2.45, 2.75) is 0 Å². The number of rotatable bonds is 7. The third-order valence-corrected chi connectivity index (χ3v) is 5.56. The molecule has 0 saturated heterocycles. The maximum absolute atomic E-state index is 13.7. The van der Waals surface area contributed by atoms with Crippen LogP contribution in [0.25, 0.3) is 6.08 Å². The Labute approximate surface area is 202 Å². The van der Waals surface area contributed by atoms with Crippen molar-refractivity contribution < 1.29 is 23.9 Å². The summed E-state index contributed by atoms with van der Waals surface area (Å²) in [5.41, 5.74) is 1.26. The van der Waals surface area contributed by atoms with Crippen LogP contribution in [0.1, 0.15) is 26.3 Å². The number of hydrogen-bond acceptors (Lipinski definition) is 6. The zero-order chi connectivity index (χ0) is 24.9. The van der Waals surface area contributed by atoms with Gasteiger partial charge in [0.1, 0.15) is 29.8 Å². The first-order valence-corrected chi connectivity index (χ1v) is 10.6. The van der Waals surface area contributed by atoms with Gasteiger partial charge in [0.15, 0.2) is 0 Å². The fraction of sp³-hybridized carbons (Fsp3) is 0.111. The normalized spacial score (nSPS) is 12.7.